The fraction of sp³-hybridized carbons (Fsp3) is 0.0625. The van der Waals surface area contributed by atoms with Gasteiger partial charge in [0.25, 0.3) is 0 Å². The summed E-state index contributed by atoms with van der Waals surface area (Å²) in [6, 6.07) is 22.6. The molecule has 0 bridgehead atoms. The summed E-state index contributed by atoms with van der Waals surface area (Å²) in [5.41, 5.74) is 1.93. The second kappa shape index (κ2) is 4.88. The summed E-state index contributed by atoms with van der Waals surface area (Å²) in [5, 5.41) is 1.15. The van der Waals surface area contributed by atoms with Gasteiger partial charge in [-0.3, -0.25) is 0 Å². The molecule has 2 nitrogen and oxygen atoms in total. The SMILES string of the molecule is [c]1cccc(OCc2ccc3ccccc3n2)c1. The second-order valence-corrected chi connectivity index (χ2v) is 4.02. The zero-order chi connectivity index (χ0) is 12.2. The molecule has 0 fully saturated rings. The van der Waals surface area contributed by atoms with E-state index in [1.807, 2.05) is 48.5 Å². The van der Waals surface area contributed by atoms with E-state index in [-0.39, 0.29) is 0 Å². The van der Waals surface area contributed by atoms with Gasteiger partial charge in [0, 0.05) is 5.39 Å². The van der Waals surface area contributed by atoms with Gasteiger partial charge in [-0.1, -0.05) is 36.4 Å². The van der Waals surface area contributed by atoms with Gasteiger partial charge in [-0.2, -0.15) is 0 Å². The van der Waals surface area contributed by atoms with Crippen molar-refractivity contribution in [2.75, 3.05) is 0 Å². The average Bonchev–Trinajstić information content (AvgIpc) is 2.46. The Morgan fingerprint density at radius 3 is 2.83 bits per heavy atom. The Labute approximate surface area is 106 Å². The van der Waals surface area contributed by atoms with Crippen LogP contribution < -0.4 is 4.74 Å². The molecule has 2 heteroatoms. The summed E-state index contributed by atoms with van der Waals surface area (Å²) in [6.45, 7) is 0.475. The van der Waals surface area contributed by atoms with E-state index in [4.69, 9.17) is 4.74 Å². The number of benzene rings is 2. The third kappa shape index (κ3) is 2.33. The lowest BCUT2D eigenvalue weighted by atomic mass is 10.2. The lowest BCUT2D eigenvalue weighted by molar-refractivity contribution is 0.302. The van der Waals surface area contributed by atoms with Crippen LogP contribution in [0.5, 0.6) is 5.75 Å². The minimum atomic E-state index is 0.475. The van der Waals surface area contributed by atoms with E-state index in [1.165, 1.54) is 0 Å². The molecule has 0 aliphatic heterocycles. The first kappa shape index (κ1) is 10.8. The van der Waals surface area contributed by atoms with Crippen LogP contribution in [0.1, 0.15) is 5.69 Å². The Hall–Kier alpha value is -2.35. The highest BCUT2D eigenvalue weighted by atomic mass is 16.5. The summed E-state index contributed by atoms with van der Waals surface area (Å²) in [6.07, 6.45) is 0. The summed E-state index contributed by atoms with van der Waals surface area (Å²) >= 11 is 0. The fourth-order valence-electron chi connectivity index (χ4n) is 1.81. The van der Waals surface area contributed by atoms with E-state index in [9.17, 15) is 0 Å². The van der Waals surface area contributed by atoms with Crippen molar-refractivity contribution in [1.29, 1.82) is 0 Å². The molecule has 0 aliphatic carbocycles. The normalized spacial score (nSPS) is 10.4. The van der Waals surface area contributed by atoms with E-state index in [2.05, 4.69) is 23.2 Å². The van der Waals surface area contributed by atoms with Crippen molar-refractivity contribution >= 4 is 10.9 Å². The molecule has 1 aromatic heterocycles. The van der Waals surface area contributed by atoms with Gasteiger partial charge in [0.05, 0.1) is 11.2 Å². The van der Waals surface area contributed by atoms with Crippen LogP contribution in [-0.2, 0) is 6.61 Å². The average molecular weight is 234 g/mol. The van der Waals surface area contributed by atoms with E-state index in [0.29, 0.717) is 6.61 Å². The monoisotopic (exact) mass is 234 g/mol. The van der Waals surface area contributed by atoms with Crippen LogP contribution >= 0.6 is 0 Å². The van der Waals surface area contributed by atoms with Gasteiger partial charge in [0.2, 0.25) is 0 Å². The maximum Gasteiger partial charge on any atom is 0.130 e. The van der Waals surface area contributed by atoms with Gasteiger partial charge in [-0.15, -0.1) is 0 Å². The molecule has 0 atom stereocenters. The summed E-state index contributed by atoms with van der Waals surface area (Å²) in [7, 11) is 0. The Bertz CT molecular complexity index is 649. The first-order chi connectivity index (χ1) is 8.92. The smallest absolute Gasteiger partial charge is 0.130 e. The number of nitrogens with zero attached hydrogens (tertiary/aromatic N) is 1. The molecular weight excluding hydrogens is 222 g/mol. The predicted octanol–water partition coefficient (Wildman–Crippen LogP) is 3.61. The number of hydrogen-bond acceptors (Lipinski definition) is 2. The van der Waals surface area contributed by atoms with Crippen molar-refractivity contribution in [3.63, 3.8) is 0 Å². The van der Waals surface area contributed by atoms with Crippen LogP contribution in [-0.4, -0.2) is 4.98 Å². The molecule has 0 spiro atoms. The van der Waals surface area contributed by atoms with Crippen LogP contribution in [0.15, 0.2) is 60.7 Å². The van der Waals surface area contributed by atoms with Crippen LogP contribution in [0.4, 0.5) is 0 Å². The minimum absolute atomic E-state index is 0.475. The van der Waals surface area contributed by atoms with Crippen LogP contribution in [0, 0.1) is 6.07 Å². The molecule has 18 heavy (non-hydrogen) atoms. The maximum atomic E-state index is 5.65. The first-order valence-electron chi connectivity index (χ1n) is 5.85. The van der Waals surface area contributed by atoms with Crippen molar-refractivity contribution in [3.05, 3.63) is 72.4 Å². The minimum Gasteiger partial charge on any atom is -0.487 e. The molecule has 0 aliphatic rings. The van der Waals surface area contributed by atoms with Crippen LogP contribution in [0.2, 0.25) is 0 Å². The van der Waals surface area contributed by atoms with E-state index in [1.54, 1.807) is 0 Å². The highest BCUT2D eigenvalue weighted by Crippen LogP contribution is 2.14. The number of rotatable bonds is 3. The quantitative estimate of drug-likeness (QED) is 0.690. The number of fused-ring (bicyclic) bond motifs is 1. The number of para-hydroxylation sites is 1. The van der Waals surface area contributed by atoms with Crippen molar-refractivity contribution in [2.45, 2.75) is 6.61 Å². The molecule has 0 unspecified atom stereocenters. The van der Waals surface area contributed by atoms with Crippen LogP contribution in [0.25, 0.3) is 10.9 Å². The predicted molar refractivity (Wildman–Crippen MR) is 71.4 cm³/mol. The molecule has 87 valence electrons. The maximum absolute atomic E-state index is 5.65. The van der Waals surface area contributed by atoms with Crippen LogP contribution in [0.3, 0.4) is 0 Å². The summed E-state index contributed by atoms with van der Waals surface area (Å²) in [4.78, 5) is 4.56. The third-order valence-electron chi connectivity index (χ3n) is 2.72. The molecular formula is C16H12NO. The summed E-state index contributed by atoms with van der Waals surface area (Å²) in [5.74, 6) is 0.812. The third-order valence-corrected chi connectivity index (χ3v) is 2.72. The number of pyridine rings is 1. The molecule has 1 heterocycles. The zero-order valence-electron chi connectivity index (χ0n) is 9.84. The van der Waals surface area contributed by atoms with Crippen molar-refractivity contribution in [1.82, 2.24) is 4.98 Å². The zero-order valence-corrected chi connectivity index (χ0v) is 9.84. The van der Waals surface area contributed by atoms with Gasteiger partial charge in [-0.05, 0) is 30.3 Å². The Morgan fingerprint density at radius 1 is 1.00 bits per heavy atom. The second-order valence-electron chi connectivity index (χ2n) is 4.02. The number of ether oxygens (including phenoxy) is 1. The Morgan fingerprint density at radius 2 is 1.94 bits per heavy atom. The Kier molecular flexibility index (Phi) is 2.92. The topological polar surface area (TPSA) is 22.1 Å². The molecule has 0 N–H and O–H groups in total. The highest BCUT2D eigenvalue weighted by Gasteiger charge is 1.99. The molecule has 0 saturated carbocycles. The van der Waals surface area contributed by atoms with Gasteiger partial charge in [0.1, 0.15) is 12.4 Å². The molecule has 0 saturated heterocycles. The van der Waals surface area contributed by atoms with Crippen molar-refractivity contribution < 1.29 is 4.74 Å². The lowest BCUT2D eigenvalue weighted by Gasteiger charge is -2.06. The van der Waals surface area contributed by atoms with Crippen molar-refractivity contribution in [3.8, 4) is 5.75 Å². The largest absolute Gasteiger partial charge is 0.487 e. The van der Waals surface area contributed by atoms with Gasteiger partial charge < -0.3 is 4.74 Å². The van der Waals surface area contributed by atoms with Gasteiger partial charge in [-0.25, -0.2) is 4.98 Å². The lowest BCUT2D eigenvalue weighted by Crippen LogP contribution is -1.98. The standard InChI is InChI=1S/C16H12NO/c1-2-7-15(8-3-1)18-12-14-11-10-13-6-4-5-9-16(13)17-14/h1-2,4-11H,12H2. The first-order valence-corrected chi connectivity index (χ1v) is 5.85. The van der Waals surface area contributed by atoms with E-state index >= 15 is 0 Å². The van der Waals surface area contributed by atoms with Gasteiger partial charge >= 0.3 is 0 Å². The molecule has 3 rings (SSSR count). The van der Waals surface area contributed by atoms with Gasteiger partial charge in [0.15, 0.2) is 0 Å². The van der Waals surface area contributed by atoms with E-state index < -0.39 is 0 Å². The molecule has 0 amide bonds. The number of aromatic nitrogens is 1. The van der Waals surface area contributed by atoms with Crippen molar-refractivity contribution in [2.24, 2.45) is 0 Å². The van der Waals surface area contributed by atoms with E-state index in [0.717, 1.165) is 22.3 Å². The molecule has 2 aromatic carbocycles. The number of hydrogen-bond donors (Lipinski definition) is 0. The molecule has 3 aromatic rings. The molecule has 1 radical (unpaired) electrons. The fourth-order valence-corrected chi connectivity index (χ4v) is 1.81. The Balaban J connectivity index is 1.79. The summed E-state index contributed by atoms with van der Waals surface area (Å²) < 4.78 is 5.65. The highest BCUT2D eigenvalue weighted by molar-refractivity contribution is 5.78.